The Hall–Kier alpha value is -1.04. The van der Waals surface area contributed by atoms with Gasteiger partial charge in [-0.3, -0.25) is 13.9 Å². The molecule has 1 aliphatic heterocycles. The number of aliphatic hydroxyl groups excluding tert-OH is 2. The van der Waals surface area contributed by atoms with Crippen molar-refractivity contribution in [2.24, 2.45) is 5.73 Å². The van der Waals surface area contributed by atoms with Gasteiger partial charge >= 0.3 is 6.09 Å². The average molecular weight is 579 g/mol. The van der Waals surface area contributed by atoms with Gasteiger partial charge in [0.05, 0.1) is 25.4 Å². The largest absolute Gasteiger partial charge is 0.447 e. The van der Waals surface area contributed by atoms with E-state index < -0.39 is 27.0 Å². The Morgan fingerprint density at radius 1 is 0.973 bits per heavy atom. The van der Waals surface area contributed by atoms with Crippen LogP contribution in [0.1, 0.15) is 49.0 Å². The fourth-order valence-corrected chi connectivity index (χ4v) is 5.91. The van der Waals surface area contributed by atoms with Gasteiger partial charge in [-0.25, -0.2) is 14.1 Å². The van der Waals surface area contributed by atoms with Crippen LogP contribution in [0.2, 0.25) is 0 Å². The second-order valence-corrected chi connectivity index (χ2v) is 14.0. The van der Waals surface area contributed by atoms with Gasteiger partial charge in [0.1, 0.15) is 6.61 Å². The first-order chi connectivity index (χ1) is 16.3. The Kier molecular flexibility index (Phi) is 21.8. The van der Waals surface area contributed by atoms with Gasteiger partial charge in [0.2, 0.25) is 5.91 Å². The first kappa shape index (κ1) is 40.5. The van der Waals surface area contributed by atoms with Crippen molar-refractivity contribution in [2.45, 2.75) is 67.3 Å². The molecule has 1 heterocycles. The lowest BCUT2D eigenvalue weighted by molar-refractivity contribution is -0.118. The van der Waals surface area contributed by atoms with Crippen LogP contribution >= 0.6 is 15.0 Å². The molecule has 1 aliphatic rings. The van der Waals surface area contributed by atoms with E-state index in [2.05, 4.69) is 0 Å². The van der Waals surface area contributed by atoms with Crippen molar-refractivity contribution < 1.29 is 42.7 Å². The molecular formula is C22H52N4O9P2. The Bertz CT molecular complexity index is 728. The van der Waals surface area contributed by atoms with Crippen molar-refractivity contribution in [3.8, 4) is 0 Å². The molecule has 0 saturated carbocycles. The number of primary amides is 1. The van der Waals surface area contributed by atoms with Crippen LogP contribution in [0.3, 0.4) is 0 Å². The van der Waals surface area contributed by atoms with Crippen LogP contribution in [0, 0.1) is 0 Å². The number of nitrogens with zero attached hydrogens (tertiary/aromatic N) is 3. The van der Waals surface area contributed by atoms with Crippen molar-refractivity contribution in [2.75, 3.05) is 66.3 Å². The van der Waals surface area contributed by atoms with E-state index in [9.17, 15) is 18.7 Å². The molecular weight excluding hydrogens is 526 g/mol. The maximum Gasteiger partial charge on any atom is 0.409 e. The summed E-state index contributed by atoms with van der Waals surface area (Å²) in [6.07, 6.45) is -0.834. The number of likely N-dealkylation sites (N-methyl/N-ethyl adjacent to an activating group) is 1. The zero-order chi connectivity index (χ0) is 28.7. The molecule has 2 amide bonds. The van der Waals surface area contributed by atoms with Crippen LogP contribution in [-0.4, -0.2) is 121 Å². The van der Waals surface area contributed by atoms with Gasteiger partial charge in [-0.05, 0) is 48.6 Å². The third-order valence-electron chi connectivity index (χ3n) is 4.16. The average Bonchev–Trinajstić information content (AvgIpc) is 2.70. The highest BCUT2D eigenvalue weighted by molar-refractivity contribution is 7.55. The fraction of sp³-hybridized carbons (Fsp3) is 0.909. The molecule has 0 aromatic rings. The predicted octanol–water partition coefficient (Wildman–Crippen LogP) is 2.66. The third kappa shape index (κ3) is 20.6. The second-order valence-electron chi connectivity index (χ2n) is 9.07. The minimum Gasteiger partial charge on any atom is -0.447 e. The van der Waals surface area contributed by atoms with Gasteiger partial charge in [-0.2, -0.15) is 0 Å². The summed E-state index contributed by atoms with van der Waals surface area (Å²) in [6, 6.07) is 0. The molecule has 0 aliphatic carbocycles. The van der Waals surface area contributed by atoms with E-state index in [4.69, 9.17) is 29.7 Å². The number of rotatable bonds is 10. The highest BCUT2D eigenvalue weighted by Gasteiger charge is 2.32. The summed E-state index contributed by atoms with van der Waals surface area (Å²) in [7, 11) is -4.10. The number of hydrogen-bond acceptors (Lipinski definition) is 9. The van der Waals surface area contributed by atoms with E-state index in [0.29, 0.717) is 26.2 Å². The summed E-state index contributed by atoms with van der Waals surface area (Å²) in [4.78, 5) is 23.7. The molecule has 15 heteroatoms. The maximum absolute atomic E-state index is 12.4. The summed E-state index contributed by atoms with van der Waals surface area (Å²) in [5, 5.41) is 16.6. The quantitative estimate of drug-likeness (QED) is 0.325. The van der Waals surface area contributed by atoms with Gasteiger partial charge < -0.3 is 34.6 Å². The number of aliphatic hydroxyl groups is 2. The van der Waals surface area contributed by atoms with E-state index in [1.165, 1.54) is 11.3 Å². The molecule has 2 atom stereocenters. The van der Waals surface area contributed by atoms with Gasteiger partial charge in [0, 0.05) is 45.6 Å². The monoisotopic (exact) mass is 578 g/mol. The highest BCUT2D eigenvalue weighted by Crippen LogP contribution is 2.48. The number of ether oxygens (including phenoxy) is 1. The van der Waals surface area contributed by atoms with Gasteiger partial charge in [0.15, 0.2) is 0 Å². The summed E-state index contributed by atoms with van der Waals surface area (Å²) in [5.41, 5.74) is 4.96. The van der Waals surface area contributed by atoms with Crippen molar-refractivity contribution >= 4 is 27.0 Å². The molecule has 1 saturated heterocycles. The third-order valence-corrected chi connectivity index (χ3v) is 8.60. The van der Waals surface area contributed by atoms with Gasteiger partial charge in [-0.15, -0.1) is 0 Å². The molecule has 1 fully saturated rings. The smallest absolute Gasteiger partial charge is 0.409 e. The molecule has 37 heavy (non-hydrogen) atoms. The zero-order valence-corrected chi connectivity index (χ0v) is 25.0. The summed E-state index contributed by atoms with van der Waals surface area (Å²) >= 11 is 0. The molecule has 0 aromatic heterocycles. The molecule has 0 aromatic carbocycles. The van der Waals surface area contributed by atoms with E-state index in [1.807, 2.05) is 13.8 Å². The fourth-order valence-electron chi connectivity index (χ4n) is 2.75. The van der Waals surface area contributed by atoms with Crippen molar-refractivity contribution in [1.82, 2.24) is 14.2 Å². The minimum atomic E-state index is -2.86. The first-order valence-electron chi connectivity index (χ1n) is 11.8. The number of amides is 2. The highest BCUT2D eigenvalue weighted by atomic mass is 31.2. The van der Waals surface area contributed by atoms with E-state index >= 15 is 0 Å². The van der Waals surface area contributed by atoms with Crippen LogP contribution in [0.25, 0.3) is 0 Å². The lowest BCUT2D eigenvalue weighted by Crippen LogP contribution is -2.47. The number of nitrogens with two attached hydrogens (primary N) is 1. The van der Waals surface area contributed by atoms with Crippen LogP contribution in [0.5, 0.6) is 0 Å². The zero-order valence-electron chi connectivity index (χ0n) is 23.2. The summed E-state index contributed by atoms with van der Waals surface area (Å²) < 4.78 is 42.7. The molecule has 0 radical (unpaired) electrons. The first-order valence-corrected chi connectivity index (χ1v) is 15.9. The molecule has 0 spiro atoms. The SMILES string of the molecule is C.CC(C)O.CC(C)OP(C)(=O)N(C)CC(N)=O.CC(C)OP(C)(=O)N1CCN(C(=O)OCCO)CC1. The van der Waals surface area contributed by atoms with Gasteiger partial charge in [0.25, 0.3) is 15.0 Å². The number of carbonyl (C=O) groups excluding carboxylic acids is 2. The molecule has 4 N–H and O–H groups in total. The number of hydrogen-bond donors (Lipinski definition) is 3. The van der Waals surface area contributed by atoms with E-state index in [0.717, 1.165) is 0 Å². The second kappa shape index (κ2) is 19.9. The Balaban J connectivity index is -0.000000560. The molecule has 0 bridgehead atoms. The van der Waals surface area contributed by atoms with E-state index in [1.54, 1.807) is 51.0 Å². The van der Waals surface area contributed by atoms with Crippen molar-refractivity contribution in [3.05, 3.63) is 0 Å². The normalized spacial score (nSPS) is 17.1. The summed E-state index contributed by atoms with van der Waals surface area (Å²) in [5.74, 6) is -0.517. The van der Waals surface area contributed by atoms with Crippen molar-refractivity contribution in [1.29, 1.82) is 0 Å². The number of piperazine rings is 1. The van der Waals surface area contributed by atoms with Crippen LogP contribution < -0.4 is 5.73 Å². The lowest BCUT2D eigenvalue weighted by atomic mass is 10.4. The van der Waals surface area contributed by atoms with Crippen molar-refractivity contribution in [3.63, 3.8) is 0 Å². The Morgan fingerprint density at radius 3 is 1.76 bits per heavy atom. The molecule has 224 valence electrons. The molecule has 2 unspecified atom stereocenters. The molecule has 13 nitrogen and oxygen atoms in total. The minimum absolute atomic E-state index is 0. The topological polar surface area (TPSA) is 172 Å². The van der Waals surface area contributed by atoms with Crippen LogP contribution in [0.4, 0.5) is 4.79 Å². The van der Waals surface area contributed by atoms with Crippen LogP contribution in [-0.2, 0) is 27.7 Å². The maximum atomic E-state index is 12.4. The lowest BCUT2D eigenvalue weighted by Gasteiger charge is -2.37. The van der Waals surface area contributed by atoms with Crippen LogP contribution in [0.15, 0.2) is 0 Å². The summed E-state index contributed by atoms with van der Waals surface area (Å²) in [6.45, 7) is 15.4. The van der Waals surface area contributed by atoms with Gasteiger partial charge in [-0.1, -0.05) is 7.43 Å². The Labute approximate surface area is 223 Å². The standard InChI is InChI=1S/C11H23N2O5P.C7H17N2O3P.C3H8O.CH4/c1-10(2)18-19(3,16)13-6-4-12(5-7-13)11(15)17-9-8-14;1-6(2)12-13(4,11)9(3)5-7(8)10;1-3(2)4;/h10,14H,4-9H2,1-3H3;6H,5H2,1-4H3,(H2,8,10);3-4H,1-2H3;1H4. The number of carbonyl (C=O) groups is 2. The molecule has 1 rings (SSSR count). The Morgan fingerprint density at radius 2 is 1.41 bits per heavy atom. The van der Waals surface area contributed by atoms with E-state index in [-0.39, 0.29) is 45.5 Å². The predicted molar refractivity (Wildman–Crippen MR) is 147 cm³/mol.